The Morgan fingerprint density at radius 1 is 1.26 bits per heavy atom. The van der Waals surface area contributed by atoms with Crippen molar-refractivity contribution in [1.82, 2.24) is 10.6 Å². The van der Waals surface area contributed by atoms with Crippen LogP contribution in [0.3, 0.4) is 0 Å². The summed E-state index contributed by atoms with van der Waals surface area (Å²) in [4.78, 5) is 34.6. The molecule has 2 atom stereocenters. The van der Waals surface area contributed by atoms with Gasteiger partial charge in [-0.1, -0.05) is 18.2 Å². The zero-order valence-corrected chi connectivity index (χ0v) is 10.5. The first-order valence-corrected chi connectivity index (χ1v) is 6.02. The van der Waals surface area contributed by atoms with Crippen LogP contribution in [0.1, 0.15) is 13.3 Å². The molecule has 0 aromatic heterocycles. The van der Waals surface area contributed by atoms with Crippen molar-refractivity contribution < 1.29 is 14.4 Å². The summed E-state index contributed by atoms with van der Waals surface area (Å²) < 4.78 is 0. The maximum atomic E-state index is 11.8. The van der Waals surface area contributed by atoms with E-state index in [1.807, 2.05) is 18.2 Å². The molecule has 1 saturated heterocycles. The number of hydrogen-bond donors (Lipinski definition) is 3. The Balaban J connectivity index is 1.95. The van der Waals surface area contributed by atoms with E-state index < -0.39 is 17.9 Å². The number of benzene rings is 1. The van der Waals surface area contributed by atoms with Crippen molar-refractivity contribution in [3.63, 3.8) is 0 Å². The van der Waals surface area contributed by atoms with Crippen molar-refractivity contribution in [2.75, 3.05) is 5.32 Å². The molecule has 0 saturated carbocycles. The lowest BCUT2D eigenvalue weighted by Crippen LogP contribution is -2.57. The van der Waals surface area contributed by atoms with Gasteiger partial charge in [-0.2, -0.15) is 0 Å². The van der Waals surface area contributed by atoms with E-state index in [-0.39, 0.29) is 18.4 Å². The summed E-state index contributed by atoms with van der Waals surface area (Å²) in [7, 11) is 0. The number of carbonyl (C=O) groups excluding carboxylic acids is 3. The molecule has 1 aliphatic rings. The molecule has 4 amide bonds. The number of nitrogens with one attached hydrogen (secondary N) is 3. The Labute approximate surface area is 110 Å². The lowest BCUT2D eigenvalue weighted by atomic mass is 9.94. The summed E-state index contributed by atoms with van der Waals surface area (Å²) >= 11 is 0. The van der Waals surface area contributed by atoms with E-state index in [4.69, 9.17) is 0 Å². The summed E-state index contributed by atoms with van der Waals surface area (Å²) in [6, 6.07) is 8.13. The van der Waals surface area contributed by atoms with Gasteiger partial charge in [0.25, 0.3) is 0 Å². The molecule has 0 spiro atoms. The lowest BCUT2D eigenvalue weighted by Gasteiger charge is -2.28. The van der Waals surface area contributed by atoms with Crippen LogP contribution in [-0.2, 0) is 9.59 Å². The van der Waals surface area contributed by atoms with Gasteiger partial charge in [0.1, 0.15) is 0 Å². The summed E-state index contributed by atoms with van der Waals surface area (Å²) in [5, 5.41) is 7.45. The van der Waals surface area contributed by atoms with E-state index in [1.54, 1.807) is 19.1 Å². The van der Waals surface area contributed by atoms with Crippen molar-refractivity contribution in [3.8, 4) is 0 Å². The van der Waals surface area contributed by atoms with Crippen LogP contribution >= 0.6 is 0 Å². The average Bonchev–Trinajstić information content (AvgIpc) is 2.35. The normalized spacial score (nSPS) is 22.4. The second-order valence-corrected chi connectivity index (χ2v) is 4.48. The van der Waals surface area contributed by atoms with Crippen LogP contribution in [0.15, 0.2) is 30.3 Å². The minimum Gasteiger partial charge on any atom is -0.335 e. The molecule has 100 valence electrons. The first kappa shape index (κ1) is 13.1. The van der Waals surface area contributed by atoms with Gasteiger partial charge in [-0.3, -0.25) is 14.9 Å². The predicted molar refractivity (Wildman–Crippen MR) is 69.3 cm³/mol. The van der Waals surface area contributed by atoms with Gasteiger partial charge in [-0.05, 0) is 19.1 Å². The molecule has 6 heteroatoms. The highest BCUT2D eigenvalue weighted by atomic mass is 16.2. The molecule has 19 heavy (non-hydrogen) atoms. The molecule has 2 unspecified atom stereocenters. The first-order valence-electron chi connectivity index (χ1n) is 6.02. The van der Waals surface area contributed by atoms with Gasteiger partial charge in [0.2, 0.25) is 11.8 Å². The van der Waals surface area contributed by atoms with Gasteiger partial charge in [-0.15, -0.1) is 0 Å². The standard InChI is InChI=1S/C13H15N3O3/c1-8-10(12(18)16-13(19)14-8)7-11(17)15-9-5-3-2-4-6-9/h2-6,8,10H,7H2,1H3,(H,15,17)(H2,14,16,18,19). The zero-order chi connectivity index (χ0) is 13.8. The Morgan fingerprint density at radius 3 is 2.58 bits per heavy atom. The third kappa shape index (κ3) is 3.31. The minimum atomic E-state index is -0.554. The molecule has 1 aromatic rings. The molecule has 2 rings (SSSR count). The number of carbonyl (C=O) groups is 3. The lowest BCUT2D eigenvalue weighted by molar-refractivity contribution is -0.129. The van der Waals surface area contributed by atoms with Gasteiger partial charge in [0, 0.05) is 18.2 Å². The molecular formula is C13H15N3O3. The predicted octanol–water partition coefficient (Wildman–Crippen LogP) is 0.859. The number of amides is 4. The zero-order valence-electron chi connectivity index (χ0n) is 10.5. The van der Waals surface area contributed by atoms with E-state index in [9.17, 15) is 14.4 Å². The van der Waals surface area contributed by atoms with Crippen LogP contribution in [-0.4, -0.2) is 23.9 Å². The second kappa shape index (κ2) is 5.51. The summed E-state index contributed by atoms with van der Waals surface area (Å²) in [5.74, 6) is -1.23. The van der Waals surface area contributed by atoms with Crippen LogP contribution in [0.2, 0.25) is 0 Å². The first-order chi connectivity index (χ1) is 9.06. The Morgan fingerprint density at radius 2 is 1.95 bits per heavy atom. The second-order valence-electron chi connectivity index (χ2n) is 4.48. The van der Waals surface area contributed by atoms with Gasteiger partial charge in [0.05, 0.1) is 5.92 Å². The fourth-order valence-electron chi connectivity index (χ4n) is 1.98. The van der Waals surface area contributed by atoms with Crippen molar-refractivity contribution in [2.24, 2.45) is 5.92 Å². The molecule has 3 N–H and O–H groups in total. The van der Waals surface area contributed by atoms with Crippen LogP contribution in [0.4, 0.5) is 10.5 Å². The van der Waals surface area contributed by atoms with Crippen LogP contribution in [0.5, 0.6) is 0 Å². The molecule has 1 aromatic carbocycles. The maximum Gasteiger partial charge on any atom is 0.321 e. The molecular weight excluding hydrogens is 246 g/mol. The minimum absolute atomic E-state index is 0.0299. The number of urea groups is 1. The maximum absolute atomic E-state index is 11.8. The highest BCUT2D eigenvalue weighted by Gasteiger charge is 2.33. The molecule has 6 nitrogen and oxygen atoms in total. The topological polar surface area (TPSA) is 87.3 Å². The fourth-order valence-corrected chi connectivity index (χ4v) is 1.98. The molecule has 0 bridgehead atoms. The van der Waals surface area contributed by atoms with Crippen molar-refractivity contribution in [2.45, 2.75) is 19.4 Å². The number of rotatable bonds is 3. The largest absolute Gasteiger partial charge is 0.335 e. The van der Waals surface area contributed by atoms with Crippen molar-refractivity contribution in [3.05, 3.63) is 30.3 Å². The average molecular weight is 261 g/mol. The van der Waals surface area contributed by atoms with E-state index in [0.717, 1.165) is 0 Å². The highest BCUT2D eigenvalue weighted by molar-refractivity contribution is 6.01. The van der Waals surface area contributed by atoms with Crippen LogP contribution in [0.25, 0.3) is 0 Å². The van der Waals surface area contributed by atoms with E-state index in [1.165, 1.54) is 0 Å². The van der Waals surface area contributed by atoms with Crippen molar-refractivity contribution >= 4 is 23.5 Å². The summed E-state index contributed by atoms with van der Waals surface area (Å²) in [5.41, 5.74) is 0.681. The third-order valence-electron chi connectivity index (χ3n) is 3.00. The number of hydrogen-bond acceptors (Lipinski definition) is 3. The van der Waals surface area contributed by atoms with Gasteiger partial charge < -0.3 is 10.6 Å². The van der Waals surface area contributed by atoms with Crippen molar-refractivity contribution in [1.29, 1.82) is 0 Å². The Hall–Kier alpha value is -2.37. The van der Waals surface area contributed by atoms with E-state index in [0.29, 0.717) is 5.69 Å². The SMILES string of the molecule is CC1NC(=O)NC(=O)C1CC(=O)Nc1ccccc1. The number of para-hydroxylation sites is 1. The Bertz CT molecular complexity index is 501. The molecule has 1 aliphatic heterocycles. The summed E-state index contributed by atoms with van der Waals surface area (Å²) in [6.45, 7) is 1.71. The summed E-state index contributed by atoms with van der Waals surface area (Å²) in [6.07, 6.45) is 0.0299. The molecule has 1 heterocycles. The quantitative estimate of drug-likeness (QED) is 0.754. The van der Waals surface area contributed by atoms with E-state index >= 15 is 0 Å². The Kier molecular flexibility index (Phi) is 3.79. The van der Waals surface area contributed by atoms with Gasteiger partial charge >= 0.3 is 6.03 Å². The number of imide groups is 1. The molecule has 0 radical (unpaired) electrons. The van der Waals surface area contributed by atoms with Gasteiger partial charge in [0.15, 0.2) is 0 Å². The fraction of sp³-hybridized carbons (Fsp3) is 0.308. The van der Waals surface area contributed by atoms with E-state index in [2.05, 4.69) is 16.0 Å². The highest BCUT2D eigenvalue weighted by Crippen LogP contribution is 2.14. The molecule has 1 fully saturated rings. The van der Waals surface area contributed by atoms with Crippen LogP contribution < -0.4 is 16.0 Å². The monoisotopic (exact) mass is 261 g/mol. The molecule has 0 aliphatic carbocycles. The van der Waals surface area contributed by atoms with Crippen LogP contribution in [0, 0.1) is 5.92 Å². The number of anilines is 1. The third-order valence-corrected chi connectivity index (χ3v) is 3.00. The smallest absolute Gasteiger partial charge is 0.321 e. The van der Waals surface area contributed by atoms with Gasteiger partial charge in [-0.25, -0.2) is 4.79 Å².